The molecule has 0 bridgehead atoms. The maximum absolute atomic E-state index is 10.3. The van der Waals surface area contributed by atoms with Crippen molar-refractivity contribution in [3.63, 3.8) is 0 Å². The van der Waals surface area contributed by atoms with E-state index in [1.165, 1.54) is 4.90 Å². The Balaban J connectivity index is 1.61. The van der Waals surface area contributed by atoms with Crippen molar-refractivity contribution in [1.82, 2.24) is 9.21 Å². The van der Waals surface area contributed by atoms with E-state index < -0.39 is 5.97 Å². The van der Waals surface area contributed by atoms with Gasteiger partial charge < -0.3 is 9.84 Å². The van der Waals surface area contributed by atoms with Gasteiger partial charge in [0, 0.05) is 37.6 Å². The Morgan fingerprint density at radius 1 is 1.20 bits per heavy atom. The van der Waals surface area contributed by atoms with Gasteiger partial charge >= 0.3 is 5.97 Å². The van der Waals surface area contributed by atoms with E-state index in [0.29, 0.717) is 6.61 Å². The number of hydrogen-bond acceptors (Lipinski definition) is 5. The van der Waals surface area contributed by atoms with Crippen molar-refractivity contribution in [1.29, 1.82) is 0 Å². The Morgan fingerprint density at radius 2 is 1.90 bits per heavy atom. The van der Waals surface area contributed by atoms with Gasteiger partial charge in [0.15, 0.2) is 0 Å². The number of ether oxygens (including phenoxy) is 1. The van der Waals surface area contributed by atoms with Crippen LogP contribution in [0.4, 0.5) is 0 Å². The lowest BCUT2D eigenvalue weighted by Crippen LogP contribution is -2.44. The maximum atomic E-state index is 10.3. The summed E-state index contributed by atoms with van der Waals surface area (Å²) in [5, 5.41) is 8.48. The molecule has 1 saturated heterocycles. The van der Waals surface area contributed by atoms with Gasteiger partial charge in [0.25, 0.3) is 0 Å². The van der Waals surface area contributed by atoms with Crippen LogP contribution in [0.3, 0.4) is 0 Å². The largest absolute Gasteiger partial charge is 0.480 e. The van der Waals surface area contributed by atoms with Crippen LogP contribution in [-0.2, 0) is 9.53 Å². The van der Waals surface area contributed by atoms with E-state index in [9.17, 15) is 4.79 Å². The van der Waals surface area contributed by atoms with Gasteiger partial charge in [-0.05, 0) is 24.1 Å². The number of carboxylic acid groups (broad SMARTS) is 1. The smallest absolute Gasteiger partial charge is 0.329 e. The van der Waals surface area contributed by atoms with E-state index in [4.69, 9.17) is 9.84 Å². The van der Waals surface area contributed by atoms with Crippen LogP contribution >= 0.6 is 11.9 Å². The summed E-state index contributed by atoms with van der Waals surface area (Å²) >= 11 is 1.80. The third kappa shape index (κ3) is 5.50. The summed E-state index contributed by atoms with van der Waals surface area (Å²) in [6, 6.07) is 10.4. The quantitative estimate of drug-likeness (QED) is 0.606. The third-order valence-corrected chi connectivity index (χ3v) is 4.19. The summed E-state index contributed by atoms with van der Waals surface area (Å²) in [6.45, 7) is 5.10. The predicted octanol–water partition coefficient (Wildman–Crippen LogP) is 1.41. The molecule has 1 fully saturated rings. The topological polar surface area (TPSA) is 53.0 Å². The van der Waals surface area contributed by atoms with E-state index >= 15 is 0 Å². The zero-order valence-corrected chi connectivity index (χ0v) is 12.2. The van der Waals surface area contributed by atoms with Crippen LogP contribution in [-0.4, -0.2) is 66.2 Å². The fourth-order valence-electron chi connectivity index (χ4n) is 2.03. The second-order valence-corrected chi connectivity index (χ2v) is 5.79. The number of piperazine rings is 1. The molecule has 0 aromatic heterocycles. The molecule has 1 aromatic rings. The van der Waals surface area contributed by atoms with Gasteiger partial charge in [-0.3, -0.25) is 4.90 Å². The molecule has 2 rings (SSSR count). The van der Waals surface area contributed by atoms with Crippen LogP contribution in [0.5, 0.6) is 0 Å². The van der Waals surface area contributed by atoms with Crippen LogP contribution in [0.25, 0.3) is 0 Å². The van der Waals surface area contributed by atoms with Crippen molar-refractivity contribution in [2.45, 2.75) is 4.90 Å². The Kier molecular flexibility index (Phi) is 6.32. The Morgan fingerprint density at radius 3 is 2.55 bits per heavy atom. The Bertz CT molecular complexity index is 408. The normalized spacial score (nSPS) is 17.2. The monoisotopic (exact) mass is 296 g/mol. The average Bonchev–Trinajstić information content (AvgIpc) is 2.46. The zero-order valence-electron chi connectivity index (χ0n) is 11.4. The molecule has 0 unspecified atom stereocenters. The SMILES string of the molecule is O=C(O)COCCN1CCN(Sc2ccccc2)CC1. The molecule has 5 nitrogen and oxygen atoms in total. The van der Waals surface area contributed by atoms with Crippen LogP contribution < -0.4 is 0 Å². The van der Waals surface area contributed by atoms with Gasteiger partial charge in [0.2, 0.25) is 0 Å². The molecule has 0 amide bonds. The number of hydrogen-bond donors (Lipinski definition) is 1. The molecule has 1 aromatic carbocycles. The van der Waals surface area contributed by atoms with Gasteiger partial charge in [-0.1, -0.05) is 18.2 Å². The molecule has 1 aliphatic rings. The standard InChI is InChI=1S/C14H20N2O3S/c17-14(18)12-19-11-10-15-6-8-16(9-7-15)20-13-4-2-1-3-5-13/h1-5H,6-12H2,(H,17,18). The van der Waals surface area contributed by atoms with E-state index in [1.54, 1.807) is 11.9 Å². The first-order valence-electron chi connectivity index (χ1n) is 6.74. The number of rotatable bonds is 7. The molecule has 1 N–H and O–H groups in total. The lowest BCUT2D eigenvalue weighted by atomic mass is 10.3. The van der Waals surface area contributed by atoms with Crippen molar-refractivity contribution in [3.05, 3.63) is 30.3 Å². The second-order valence-electron chi connectivity index (χ2n) is 4.62. The van der Waals surface area contributed by atoms with E-state index in [1.807, 2.05) is 6.07 Å². The van der Waals surface area contributed by atoms with E-state index in [0.717, 1.165) is 32.7 Å². The van der Waals surface area contributed by atoms with Crippen molar-refractivity contribution < 1.29 is 14.6 Å². The Hall–Kier alpha value is -1.08. The van der Waals surface area contributed by atoms with E-state index in [-0.39, 0.29) is 6.61 Å². The minimum absolute atomic E-state index is 0.205. The number of carbonyl (C=O) groups is 1. The summed E-state index contributed by atoms with van der Waals surface area (Å²) in [6.07, 6.45) is 0. The van der Waals surface area contributed by atoms with Gasteiger partial charge in [-0.15, -0.1) is 0 Å². The minimum Gasteiger partial charge on any atom is -0.480 e. The molecule has 0 atom stereocenters. The number of benzene rings is 1. The lowest BCUT2D eigenvalue weighted by molar-refractivity contribution is -0.142. The van der Waals surface area contributed by atoms with Crippen LogP contribution in [0.1, 0.15) is 0 Å². The van der Waals surface area contributed by atoms with Crippen molar-refractivity contribution in [3.8, 4) is 0 Å². The molecule has 0 radical (unpaired) electrons. The first kappa shape index (κ1) is 15.3. The molecule has 6 heteroatoms. The molecular formula is C14H20N2O3S. The summed E-state index contributed by atoms with van der Waals surface area (Å²) in [4.78, 5) is 13.9. The maximum Gasteiger partial charge on any atom is 0.329 e. The molecule has 1 heterocycles. The molecular weight excluding hydrogens is 276 g/mol. The molecule has 110 valence electrons. The van der Waals surface area contributed by atoms with Gasteiger partial charge in [0.05, 0.1) is 6.61 Å². The van der Waals surface area contributed by atoms with Crippen LogP contribution in [0, 0.1) is 0 Å². The van der Waals surface area contributed by atoms with E-state index in [2.05, 4.69) is 33.5 Å². The summed E-state index contributed by atoms with van der Waals surface area (Å²) < 4.78 is 7.43. The summed E-state index contributed by atoms with van der Waals surface area (Å²) in [5.74, 6) is -0.908. The van der Waals surface area contributed by atoms with Gasteiger partial charge in [-0.25, -0.2) is 9.10 Å². The highest BCUT2D eigenvalue weighted by atomic mass is 32.2. The average molecular weight is 296 g/mol. The predicted molar refractivity (Wildman–Crippen MR) is 78.8 cm³/mol. The number of nitrogens with zero attached hydrogens (tertiary/aromatic N) is 2. The third-order valence-electron chi connectivity index (χ3n) is 3.09. The van der Waals surface area contributed by atoms with Crippen molar-refractivity contribution >= 4 is 17.9 Å². The summed E-state index contributed by atoms with van der Waals surface area (Å²) in [5.41, 5.74) is 0. The molecule has 0 aliphatic carbocycles. The van der Waals surface area contributed by atoms with Crippen LogP contribution in [0.15, 0.2) is 35.2 Å². The minimum atomic E-state index is -0.908. The highest BCUT2D eigenvalue weighted by Crippen LogP contribution is 2.23. The van der Waals surface area contributed by atoms with Crippen LogP contribution in [0.2, 0.25) is 0 Å². The first-order chi connectivity index (χ1) is 9.74. The highest BCUT2D eigenvalue weighted by Gasteiger charge is 2.17. The second kappa shape index (κ2) is 8.26. The molecule has 20 heavy (non-hydrogen) atoms. The first-order valence-corrected chi connectivity index (χ1v) is 7.51. The number of carboxylic acids is 1. The van der Waals surface area contributed by atoms with Crippen molar-refractivity contribution in [2.75, 3.05) is 45.9 Å². The fraction of sp³-hybridized carbons (Fsp3) is 0.500. The van der Waals surface area contributed by atoms with Gasteiger partial charge in [-0.2, -0.15) is 0 Å². The van der Waals surface area contributed by atoms with Gasteiger partial charge in [0.1, 0.15) is 6.61 Å². The Labute approximate surface area is 123 Å². The zero-order chi connectivity index (χ0) is 14.2. The molecule has 1 aliphatic heterocycles. The highest BCUT2D eigenvalue weighted by molar-refractivity contribution is 7.97. The summed E-state index contributed by atoms with van der Waals surface area (Å²) in [7, 11) is 0. The van der Waals surface area contributed by atoms with Crippen molar-refractivity contribution in [2.24, 2.45) is 0 Å². The lowest BCUT2D eigenvalue weighted by Gasteiger charge is -2.33. The molecule has 0 saturated carbocycles. The number of aliphatic carboxylic acids is 1. The fourth-order valence-corrected chi connectivity index (χ4v) is 2.95. The molecule has 0 spiro atoms.